The van der Waals surface area contributed by atoms with Gasteiger partial charge in [0.15, 0.2) is 23.0 Å². The zero-order valence-electron chi connectivity index (χ0n) is 18.4. The first-order chi connectivity index (χ1) is 16.7. The fraction of sp³-hybridized carbons (Fsp3) is 0.143. The number of fused-ring (bicyclic) bond motifs is 4. The number of phenolic OH excluding ortho intramolecular Hbond substituents is 7. The first kappa shape index (κ1) is 21.0. The lowest BCUT2D eigenvalue weighted by atomic mass is 9.73. The van der Waals surface area contributed by atoms with Crippen molar-refractivity contribution in [2.45, 2.75) is 24.7 Å². The first-order valence-corrected chi connectivity index (χ1v) is 11.2. The van der Waals surface area contributed by atoms with E-state index in [0.717, 1.165) is 22.3 Å². The smallest absolute Gasteiger partial charge is 0.157 e. The Kier molecular flexibility index (Phi) is 4.35. The van der Waals surface area contributed by atoms with Crippen LogP contribution in [0.25, 0.3) is 11.1 Å². The lowest BCUT2D eigenvalue weighted by molar-refractivity contribution is 0.401. The molecular formula is C28H22O7. The van der Waals surface area contributed by atoms with Crippen molar-refractivity contribution in [3.63, 3.8) is 0 Å². The quantitative estimate of drug-likeness (QED) is 0.201. The molecule has 0 radical (unpaired) electrons. The van der Waals surface area contributed by atoms with Crippen LogP contribution in [-0.4, -0.2) is 35.7 Å². The Hall–Kier alpha value is -4.52. The molecule has 6 rings (SSSR count). The molecule has 7 N–H and O–H groups in total. The monoisotopic (exact) mass is 470 g/mol. The second-order valence-electron chi connectivity index (χ2n) is 9.30. The molecule has 4 aromatic rings. The van der Waals surface area contributed by atoms with Crippen LogP contribution in [0.2, 0.25) is 0 Å². The molecule has 0 saturated carbocycles. The molecule has 2 unspecified atom stereocenters. The van der Waals surface area contributed by atoms with Crippen LogP contribution in [0.1, 0.15) is 45.2 Å². The van der Waals surface area contributed by atoms with Gasteiger partial charge in [-0.25, -0.2) is 0 Å². The van der Waals surface area contributed by atoms with Crippen molar-refractivity contribution in [3.8, 4) is 51.4 Å². The molecule has 0 saturated heterocycles. The molecule has 35 heavy (non-hydrogen) atoms. The number of phenols is 7. The maximum Gasteiger partial charge on any atom is 0.157 e. The third-order valence-corrected chi connectivity index (χ3v) is 7.23. The average molecular weight is 470 g/mol. The molecule has 7 heteroatoms. The van der Waals surface area contributed by atoms with Gasteiger partial charge in [0.2, 0.25) is 0 Å². The maximum absolute atomic E-state index is 10.7. The van der Waals surface area contributed by atoms with Crippen molar-refractivity contribution < 1.29 is 35.7 Å². The predicted molar refractivity (Wildman–Crippen MR) is 128 cm³/mol. The van der Waals surface area contributed by atoms with Gasteiger partial charge in [0, 0.05) is 23.5 Å². The minimum absolute atomic E-state index is 0.0155. The minimum Gasteiger partial charge on any atom is -0.508 e. The summed E-state index contributed by atoms with van der Waals surface area (Å²) < 4.78 is 0. The van der Waals surface area contributed by atoms with Gasteiger partial charge >= 0.3 is 0 Å². The van der Waals surface area contributed by atoms with Gasteiger partial charge in [0.25, 0.3) is 0 Å². The summed E-state index contributed by atoms with van der Waals surface area (Å²) in [6.45, 7) is 0. The van der Waals surface area contributed by atoms with E-state index >= 15 is 0 Å². The van der Waals surface area contributed by atoms with Crippen molar-refractivity contribution in [1.82, 2.24) is 0 Å². The molecule has 0 heterocycles. The van der Waals surface area contributed by atoms with E-state index < -0.39 is 0 Å². The lowest BCUT2D eigenvalue weighted by Gasteiger charge is -2.30. The standard InChI is InChI=1S/C28H22O7/c29-15-3-13-5-17(12-1-2-22(31)23(32)7-12)18-10-24(33)25(34)11-19(18)20-6-14-4-16(30)9-26(35)28(14)21(8-15)27(13)20/h1-4,7-11,17,20,29-35H,5-6H2. The lowest BCUT2D eigenvalue weighted by Crippen LogP contribution is -2.14. The highest BCUT2D eigenvalue weighted by Crippen LogP contribution is 2.55. The fourth-order valence-corrected chi connectivity index (χ4v) is 5.81. The second-order valence-corrected chi connectivity index (χ2v) is 9.30. The second kappa shape index (κ2) is 7.24. The van der Waals surface area contributed by atoms with Gasteiger partial charge in [-0.1, -0.05) is 6.07 Å². The molecule has 4 aromatic carbocycles. The molecule has 0 bridgehead atoms. The minimum atomic E-state index is -0.385. The number of aromatic hydroxyl groups is 7. The van der Waals surface area contributed by atoms with Crippen LogP contribution >= 0.6 is 0 Å². The summed E-state index contributed by atoms with van der Waals surface area (Å²) in [6, 6.07) is 13.7. The summed E-state index contributed by atoms with van der Waals surface area (Å²) in [7, 11) is 0. The molecule has 0 aromatic heterocycles. The van der Waals surface area contributed by atoms with E-state index in [1.54, 1.807) is 24.3 Å². The number of benzene rings is 4. The zero-order chi connectivity index (χ0) is 24.6. The number of hydrogen-bond donors (Lipinski definition) is 7. The van der Waals surface area contributed by atoms with E-state index in [2.05, 4.69) is 0 Å². The van der Waals surface area contributed by atoms with Gasteiger partial charge < -0.3 is 35.7 Å². The predicted octanol–water partition coefficient (Wildman–Crippen LogP) is 4.67. The Morgan fingerprint density at radius 1 is 0.514 bits per heavy atom. The summed E-state index contributed by atoms with van der Waals surface area (Å²) in [4.78, 5) is 0. The molecule has 0 fully saturated rings. The van der Waals surface area contributed by atoms with Crippen LogP contribution in [0.15, 0.2) is 54.6 Å². The SMILES string of the molecule is Oc1cc(O)c2c(c1)CC1c3cc(O)c(O)cc3C(c3ccc(O)c(O)c3)Cc3cc(O)cc-2c31. The van der Waals surface area contributed by atoms with Gasteiger partial charge in [-0.3, -0.25) is 0 Å². The van der Waals surface area contributed by atoms with Crippen molar-refractivity contribution in [2.24, 2.45) is 0 Å². The topological polar surface area (TPSA) is 142 Å². The molecule has 2 aliphatic rings. The molecule has 176 valence electrons. The third-order valence-electron chi connectivity index (χ3n) is 7.23. The molecule has 0 spiro atoms. The van der Waals surface area contributed by atoms with Crippen LogP contribution in [0, 0.1) is 0 Å². The van der Waals surface area contributed by atoms with Gasteiger partial charge in [0.1, 0.15) is 17.2 Å². The Morgan fingerprint density at radius 3 is 1.83 bits per heavy atom. The average Bonchev–Trinajstić information content (AvgIpc) is 2.91. The normalized spacial score (nSPS) is 17.7. The molecule has 2 aliphatic carbocycles. The van der Waals surface area contributed by atoms with Crippen molar-refractivity contribution in [2.75, 3.05) is 0 Å². The van der Waals surface area contributed by atoms with E-state index in [-0.39, 0.29) is 52.1 Å². The highest BCUT2D eigenvalue weighted by Gasteiger charge is 2.37. The van der Waals surface area contributed by atoms with Crippen LogP contribution in [-0.2, 0) is 12.8 Å². The van der Waals surface area contributed by atoms with Gasteiger partial charge in [0.05, 0.1) is 0 Å². The third kappa shape index (κ3) is 3.12. The summed E-state index contributed by atoms with van der Waals surface area (Å²) in [5.41, 5.74) is 5.72. The Morgan fingerprint density at radius 2 is 1.11 bits per heavy atom. The Labute approximate surface area is 200 Å². The maximum atomic E-state index is 10.7. The van der Waals surface area contributed by atoms with E-state index in [1.807, 2.05) is 0 Å². The molecule has 2 atom stereocenters. The van der Waals surface area contributed by atoms with E-state index in [1.165, 1.54) is 30.3 Å². The van der Waals surface area contributed by atoms with Gasteiger partial charge in [-0.15, -0.1) is 0 Å². The molecule has 0 amide bonds. The highest BCUT2D eigenvalue weighted by molar-refractivity contribution is 5.83. The van der Waals surface area contributed by atoms with Gasteiger partial charge in [-0.05, 0) is 94.3 Å². The Balaban J connectivity index is 1.68. The number of hydrogen-bond acceptors (Lipinski definition) is 7. The van der Waals surface area contributed by atoms with Crippen LogP contribution < -0.4 is 0 Å². The molecular weight excluding hydrogens is 448 g/mol. The zero-order valence-corrected chi connectivity index (χ0v) is 18.4. The van der Waals surface area contributed by atoms with Crippen LogP contribution in [0.3, 0.4) is 0 Å². The summed E-state index contributed by atoms with van der Waals surface area (Å²) in [5.74, 6) is -1.92. The van der Waals surface area contributed by atoms with E-state index in [4.69, 9.17) is 0 Å². The molecule has 7 nitrogen and oxygen atoms in total. The largest absolute Gasteiger partial charge is 0.508 e. The van der Waals surface area contributed by atoms with Crippen molar-refractivity contribution in [1.29, 1.82) is 0 Å². The van der Waals surface area contributed by atoms with E-state index in [9.17, 15) is 35.7 Å². The fourth-order valence-electron chi connectivity index (χ4n) is 5.81. The summed E-state index contributed by atoms with van der Waals surface area (Å²) in [5, 5.41) is 72.3. The van der Waals surface area contributed by atoms with Crippen molar-refractivity contribution in [3.05, 3.63) is 88.0 Å². The van der Waals surface area contributed by atoms with Crippen LogP contribution in [0.5, 0.6) is 40.2 Å². The van der Waals surface area contributed by atoms with Gasteiger partial charge in [-0.2, -0.15) is 0 Å². The van der Waals surface area contributed by atoms with Crippen molar-refractivity contribution >= 4 is 0 Å². The number of rotatable bonds is 1. The molecule has 0 aliphatic heterocycles. The highest BCUT2D eigenvalue weighted by atomic mass is 16.3. The summed E-state index contributed by atoms with van der Waals surface area (Å²) in [6.07, 6.45) is 0.801. The van der Waals surface area contributed by atoms with Crippen LogP contribution in [0.4, 0.5) is 0 Å². The summed E-state index contributed by atoms with van der Waals surface area (Å²) >= 11 is 0. The van der Waals surface area contributed by atoms with E-state index in [0.29, 0.717) is 35.1 Å². The first-order valence-electron chi connectivity index (χ1n) is 11.2. The Bertz CT molecular complexity index is 1540.